The molecule has 710 valence electrons. The van der Waals surface area contributed by atoms with Crippen molar-refractivity contribution in [3.8, 4) is 39.9 Å². The summed E-state index contributed by atoms with van der Waals surface area (Å²) in [5.74, 6) is 1.28. The van der Waals surface area contributed by atoms with Crippen LogP contribution in [0.15, 0.2) is 206 Å². The van der Waals surface area contributed by atoms with Crippen molar-refractivity contribution in [2.75, 3.05) is 65.3 Å². The van der Waals surface area contributed by atoms with Gasteiger partial charge in [0.15, 0.2) is 19.7 Å². The van der Waals surface area contributed by atoms with Gasteiger partial charge in [0.25, 0.3) is 10.0 Å². The maximum Gasteiger partial charge on any atom is 0.500 e. The normalized spacial score (nSPS) is 16.3. The second-order valence-electron chi connectivity index (χ2n) is 34.1. The third-order valence-electron chi connectivity index (χ3n) is 23.4. The van der Waals surface area contributed by atoms with Gasteiger partial charge in [-0.05, 0) is 284 Å². The highest BCUT2D eigenvalue weighted by molar-refractivity contribution is 9.10. The number of ether oxygens (including phenoxy) is 3. The predicted octanol–water partition coefficient (Wildman–Crippen LogP) is 19.5. The Kier molecular flexibility index (Phi) is 34.3. The summed E-state index contributed by atoms with van der Waals surface area (Å²) in [5.41, 5.74) is 21.4. The molecular weight excluding hydrogens is 1980 g/mol. The minimum absolute atomic E-state index is 0.0348. The van der Waals surface area contributed by atoms with E-state index >= 15 is 0 Å². The van der Waals surface area contributed by atoms with Crippen molar-refractivity contribution in [3.63, 3.8) is 0 Å². The lowest BCUT2D eigenvalue weighted by Gasteiger charge is -2.32. The second kappa shape index (κ2) is 44.8. The molecule has 17 rings (SSSR count). The van der Waals surface area contributed by atoms with Crippen molar-refractivity contribution < 1.29 is 57.6 Å². The first-order chi connectivity index (χ1) is 63.9. The van der Waals surface area contributed by atoms with Crippen LogP contribution >= 0.6 is 66.7 Å². The van der Waals surface area contributed by atoms with Crippen LogP contribution in [0.5, 0.6) is 17.6 Å². The molecule has 28 nitrogen and oxygen atoms in total. The number of methoxy groups -OCH3 is 3. The molecule has 1 saturated heterocycles. The van der Waals surface area contributed by atoms with E-state index in [1.54, 1.807) is 72.9 Å². The largest absolute Gasteiger partial charge is 0.500 e. The monoisotopic (exact) mass is 2080 g/mol. The molecule has 0 amide bonds. The number of nitrogen functional groups attached to an aromatic ring is 1. The summed E-state index contributed by atoms with van der Waals surface area (Å²) in [6, 6.07) is 46.7. The average molecular weight is 2080 g/mol. The van der Waals surface area contributed by atoms with Crippen molar-refractivity contribution in [3.05, 3.63) is 252 Å². The molecule has 0 unspecified atom stereocenters. The number of aromatic nitrogens is 11. The molecule has 3 aliphatic rings. The molecule has 1 aliphatic heterocycles. The molecule has 0 spiro atoms. The lowest BCUT2D eigenvalue weighted by Crippen LogP contribution is -2.41. The van der Waals surface area contributed by atoms with Gasteiger partial charge in [-0.3, -0.25) is 4.72 Å². The van der Waals surface area contributed by atoms with E-state index < -0.39 is 60.2 Å². The molecule has 7 aromatic heterocycles. The smallest absolute Gasteiger partial charge is 0.481 e. The maximum absolute atomic E-state index is 13.4. The molecular formula is C96H105BBr2Cl3F2N17O11S3. The fourth-order valence-corrected chi connectivity index (χ4v) is 22.0. The number of hydrogen-bond donors (Lipinski definition) is 4. The van der Waals surface area contributed by atoms with E-state index in [0.717, 1.165) is 94.0 Å². The molecule has 7 aromatic carbocycles. The van der Waals surface area contributed by atoms with Gasteiger partial charge in [0.05, 0.1) is 102 Å². The Morgan fingerprint density at radius 2 is 0.867 bits per heavy atom. The average Bonchev–Trinajstić information content (AvgIpc) is 1.63. The van der Waals surface area contributed by atoms with E-state index in [0.29, 0.717) is 74.7 Å². The number of sulfone groups is 2. The summed E-state index contributed by atoms with van der Waals surface area (Å²) < 4.78 is 136. The van der Waals surface area contributed by atoms with Gasteiger partial charge in [-0.2, -0.15) is 13.8 Å². The number of fused-ring (bicyclic) bond motifs is 4. The third-order valence-corrected chi connectivity index (χ3v) is 30.5. The van der Waals surface area contributed by atoms with Gasteiger partial charge in [-0.1, -0.05) is 109 Å². The fraction of sp³-hybridized carbons (Fsp3) is 0.323. The first-order valence-electron chi connectivity index (χ1n) is 43.0. The molecule has 39 heteroatoms. The highest BCUT2D eigenvalue weighted by Crippen LogP contribution is 2.40. The fourth-order valence-electron chi connectivity index (χ4n) is 15.6. The lowest BCUT2D eigenvalue weighted by atomic mass is 9.79. The Bertz CT molecular complexity index is 6920. The van der Waals surface area contributed by atoms with Crippen molar-refractivity contribution >= 4 is 170 Å². The lowest BCUT2D eigenvalue weighted by molar-refractivity contribution is 0.00578. The molecule has 3 fully saturated rings. The number of nitrogens with one attached hydrogen (secondary N) is 2. The van der Waals surface area contributed by atoms with Gasteiger partial charge in [-0.15, -0.1) is 0 Å². The first kappa shape index (κ1) is 103. The van der Waals surface area contributed by atoms with Crippen LogP contribution in [0.4, 0.5) is 26.5 Å². The Hall–Kier alpha value is -10.4. The van der Waals surface area contributed by atoms with Gasteiger partial charge >= 0.3 is 19.3 Å². The molecule has 8 heterocycles. The molecule has 6 N–H and O–H groups in total. The Morgan fingerprint density at radius 3 is 1.30 bits per heavy atom. The van der Waals surface area contributed by atoms with Gasteiger partial charge < -0.3 is 50.1 Å². The predicted molar refractivity (Wildman–Crippen MR) is 537 cm³/mol. The maximum atomic E-state index is 13.4. The van der Waals surface area contributed by atoms with E-state index in [-0.39, 0.29) is 58.8 Å². The van der Waals surface area contributed by atoms with Crippen molar-refractivity contribution in [1.82, 2.24) is 64.6 Å². The third kappa shape index (κ3) is 26.3. The highest BCUT2D eigenvalue weighted by atomic mass is 79.9. The van der Waals surface area contributed by atoms with E-state index in [1.165, 1.54) is 109 Å². The van der Waals surface area contributed by atoms with Gasteiger partial charge in [0, 0.05) is 96.0 Å². The van der Waals surface area contributed by atoms with Crippen LogP contribution in [0.2, 0.25) is 15.1 Å². The number of nitrogens with two attached hydrogens (primary N) is 2. The molecule has 0 atom stereocenters. The summed E-state index contributed by atoms with van der Waals surface area (Å²) in [4.78, 5) is 50.1. The number of aryl methyl sites for hydroxylation is 4. The molecule has 2 saturated carbocycles. The molecule has 0 radical (unpaired) electrons. The van der Waals surface area contributed by atoms with Gasteiger partial charge in [0.2, 0.25) is 29.5 Å². The number of sulfonamides is 1. The first-order valence-corrected chi connectivity index (χ1v) is 50.5. The zero-order chi connectivity index (χ0) is 97.8. The zero-order valence-electron chi connectivity index (χ0n) is 77.1. The molecule has 135 heavy (non-hydrogen) atoms. The number of nitrogens with zero attached hydrogens (tertiary/aromatic N) is 13. The summed E-state index contributed by atoms with van der Waals surface area (Å²) in [6.07, 6.45) is 14.5. The molecule has 14 aromatic rings. The van der Waals surface area contributed by atoms with Crippen LogP contribution in [-0.4, -0.2) is 182 Å². The number of halogens is 7. The topological polar surface area (TPSA) is 373 Å². The summed E-state index contributed by atoms with van der Waals surface area (Å²) in [5, 5.41) is 7.43. The van der Waals surface area contributed by atoms with E-state index in [1.807, 2.05) is 116 Å². The second-order valence-corrected chi connectivity index (χ2v) is 42.8. The van der Waals surface area contributed by atoms with Crippen molar-refractivity contribution in [2.45, 2.75) is 168 Å². The van der Waals surface area contributed by atoms with Crippen LogP contribution in [-0.2, 0) is 50.5 Å². The molecule has 2 aliphatic carbocycles. The van der Waals surface area contributed by atoms with E-state index in [9.17, 15) is 34.0 Å². The van der Waals surface area contributed by atoms with E-state index in [2.05, 4.69) is 130 Å². The number of pyridine rings is 3. The SMILES string of the molecule is CN(C)C1CCC(N)CC1.COc1nc(CS(=O)(=O)c2ccccc2Cl)ccc1-c1cc(C)c2nc(F)ncc2c1.COc1nc(CS(=O)(=O)c2ccccc2Cl)ccc1-c1cc(C)c2nc(NC3CCC(N(C)C)CC3)ncc2c1.COc1nc(NS(=O)(=O)c2ccccc2Cl)ccc1B1OC(C)(C)C(C)(C)O1.Cc1cc(Br)cc2cnc(F)nc12.Cc1cc(Br)cc2cnc(N)nc12. The zero-order valence-corrected chi connectivity index (χ0v) is 85.0. The van der Waals surface area contributed by atoms with Crippen molar-refractivity contribution in [2.24, 2.45) is 5.73 Å². The van der Waals surface area contributed by atoms with E-state index in [4.69, 9.17) is 74.8 Å². The van der Waals surface area contributed by atoms with Crippen LogP contribution < -0.4 is 41.2 Å². The number of anilines is 3. The van der Waals surface area contributed by atoms with Crippen LogP contribution in [0, 0.1) is 39.9 Å². The van der Waals surface area contributed by atoms with Crippen LogP contribution in [0.1, 0.15) is 113 Å². The quantitative estimate of drug-likeness (QED) is 0.0431. The van der Waals surface area contributed by atoms with Crippen LogP contribution in [0.3, 0.4) is 0 Å². The molecule has 0 bridgehead atoms. The minimum atomic E-state index is -3.90. The standard InChI is InChI=1S/C30H34ClN5O3S.C22H17ClFN3O3S.C18H22BClN2O5S.C9H6BrFN2.C9H8BrN3.C8H18N2/c1-19-15-20(16-21-17-32-30(35-28(19)21)34-22-9-12-24(13-10-22)36(2)3)25-14-11-23(33-29(25)39-4)18-40(37,38)27-8-6-5-7-26(27)31;1-13-9-14(10-15-11-25-22(24)27-20(13)15)17-8-7-16(26-21(17)30-2)12-31(28,29)19-6-4-3-5-18(19)23;1-17(2)18(3,4)27-19(26-17)12-10-11-15(21-16(12)25-5)22-28(23,24)14-9-7-6-8-13(14)20;2*1-5-2-7(10)3-6-4-12-9(11)13-8(5)6;1-10(2)8-5-3-7(9)4-6-8/h5-8,11,14-17,22,24H,9-10,12-13,18H2,1-4H3,(H,32,34,35);3-11H,12H2,1-2H3;6-11H,1-5H3,(H,21,22);2-4H,1H3;2-4H,1H3,(H2,11,12,13);7-8H,3-6,9H2,1-2H3. The summed E-state index contributed by atoms with van der Waals surface area (Å²) in [6.45, 7) is 15.5. The number of benzene rings is 7. The minimum Gasteiger partial charge on any atom is -0.481 e. The number of hydrogen-bond acceptors (Lipinski definition) is 27. The van der Waals surface area contributed by atoms with Gasteiger partial charge in [0.1, 0.15) is 10.7 Å². The Morgan fingerprint density at radius 1 is 0.474 bits per heavy atom. The Labute approximate surface area is 817 Å². The van der Waals surface area contributed by atoms with Gasteiger partial charge in [-0.25, -0.2) is 75.1 Å². The Balaban J connectivity index is 0.000000155. The summed E-state index contributed by atoms with van der Waals surface area (Å²) in [7, 11) is 1.10. The van der Waals surface area contributed by atoms with Crippen molar-refractivity contribution in [1.29, 1.82) is 0 Å². The van der Waals surface area contributed by atoms with Crippen LogP contribution in [0.25, 0.3) is 65.9 Å². The summed E-state index contributed by atoms with van der Waals surface area (Å²) >= 11 is 25.0. The number of rotatable bonds is 19. The highest BCUT2D eigenvalue weighted by Gasteiger charge is 2.53.